The van der Waals surface area contributed by atoms with Crippen molar-refractivity contribution in [3.05, 3.63) is 35.9 Å². The van der Waals surface area contributed by atoms with Crippen LogP contribution in [0.4, 0.5) is 0 Å². The molecule has 0 aliphatic carbocycles. The van der Waals surface area contributed by atoms with Crippen molar-refractivity contribution in [2.45, 2.75) is 60.1 Å². The monoisotopic (exact) mass is 437 g/mol. The van der Waals surface area contributed by atoms with Gasteiger partial charge in [-0.1, -0.05) is 52.9 Å². The Morgan fingerprint density at radius 3 is 2.59 bits per heavy atom. The van der Waals surface area contributed by atoms with Crippen LogP contribution in [-0.4, -0.2) is 30.4 Å². The maximum atomic E-state index is 11.8. The molecule has 0 saturated carbocycles. The number of rotatable bonds is 5. The summed E-state index contributed by atoms with van der Waals surface area (Å²) in [4.78, 5) is 0. The van der Waals surface area contributed by atoms with E-state index in [2.05, 4.69) is 34.7 Å². The number of hydrogen-bond acceptors (Lipinski definition) is 3. The fourth-order valence-electron chi connectivity index (χ4n) is 2.87. The average Bonchev–Trinajstić information content (AvgIpc) is 2.48. The fraction of sp³-hybridized carbons (Fsp3) is 0.625. The molecule has 0 amide bonds. The molecule has 3 unspecified atom stereocenters. The lowest BCUT2D eigenvalue weighted by Crippen LogP contribution is -2.42. The molecule has 5 atom stereocenters. The molecule has 1 aliphatic heterocycles. The van der Waals surface area contributed by atoms with Crippen LogP contribution in [0.15, 0.2) is 30.3 Å². The minimum Gasteiger partial charge on any atom is -0.367 e. The second-order valence-corrected chi connectivity index (χ2v) is 9.74. The summed E-state index contributed by atoms with van der Waals surface area (Å²) in [7, 11) is -1.41. The lowest BCUT2D eigenvalue weighted by molar-refractivity contribution is -0.162. The van der Waals surface area contributed by atoms with Gasteiger partial charge in [-0.3, -0.25) is 5.14 Å². The van der Waals surface area contributed by atoms with Crippen molar-refractivity contribution in [3.8, 4) is 0 Å². The summed E-state index contributed by atoms with van der Waals surface area (Å²) in [6.45, 7) is 3.83. The Labute approximate surface area is 148 Å². The van der Waals surface area contributed by atoms with E-state index in [0.717, 1.165) is 18.4 Å². The molecule has 0 bridgehead atoms. The van der Waals surface area contributed by atoms with E-state index in [1.54, 1.807) is 0 Å². The Hall–Kier alpha value is -0.0200. The summed E-state index contributed by atoms with van der Waals surface area (Å²) in [6.07, 6.45) is 1.64. The lowest BCUT2D eigenvalue weighted by Gasteiger charge is -2.38. The highest BCUT2D eigenvalue weighted by Crippen LogP contribution is 2.38. The second-order valence-electron chi connectivity index (χ2n) is 6.44. The summed E-state index contributed by atoms with van der Waals surface area (Å²) in [5.41, 5.74) is 1.14. The van der Waals surface area contributed by atoms with E-state index in [1.165, 1.54) is 0 Å². The van der Waals surface area contributed by atoms with Gasteiger partial charge >= 0.3 is 0 Å². The van der Waals surface area contributed by atoms with Gasteiger partial charge in [0.1, 0.15) is 0 Å². The van der Waals surface area contributed by atoms with Crippen LogP contribution in [0, 0.1) is 0 Å². The highest BCUT2D eigenvalue weighted by Gasteiger charge is 2.37. The molecule has 1 aromatic rings. The van der Waals surface area contributed by atoms with E-state index in [0.29, 0.717) is 6.42 Å². The van der Waals surface area contributed by atoms with Gasteiger partial charge in [-0.05, 0) is 38.7 Å². The van der Waals surface area contributed by atoms with Crippen LogP contribution >= 0.6 is 22.6 Å². The maximum Gasteiger partial charge on any atom is 0.166 e. The number of benzene rings is 1. The highest BCUT2D eigenvalue weighted by molar-refractivity contribution is 14.1. The van der Waals surface area contributed by atoms with E-state index in [1.807, 2.05) is 32.0 Å². The van der Waals surface area contributed by atoms with Crippen LogP contribution in [0.3, 0.4) is 0 Å². The number of alkyl halides is 1. The van der Waals surface area contributed by atoms with E-state index < -0.39 is 22.0 Å². The molecule has 3 N–H and O–H groups in total. The third-order valence-electron chi connectivity index (χ3n) is 4.28. The van der Waals surface area contributed by atoms with Gasteiger partial charge < -0.3 is 9.84 Å². The Bertz CT molecular complexity index is 511. The van der Waals surface area contributed by atoms with Crippen LogP contribution in [-0.2, 0) is 15.7 Å². The molecule has 1 heterocycles. The molecule has 0 radical (unpaired) electrons. The Balaban J connectivity index is 2.24. The number of aliphatic hydroxyl groups is 1. The van der Waals surface area contributed by atoms with E-state index >= 15 is 0 Å². The first-order chi connectivity index (χ1) is 10.3. The Kier molecular flexibility index (Phi) is 6.41. The first-order valence-electron chi connectivity index (χ1n) is 7.50. The summed E-state index contributed by atoms with van der Waals surface area (Å²) in [6, 6.07) is 10.1. The molecule has 1 aliphatic rings. The summed E-state index contributed by atoms with van der Waals surface area (Å²) in [5, 5.41) is 15.7. The number of hydrogen-bond donors (Lipinski definition) is 2. The van der Waals surface area contributed by atoms with Crippen LogP contribution in [0.25, 0.3) is 0 Å². The zero-order valence-electron chi connectivity index (χ0n) is 12.9. The molecule has 22 heavy (non-hydrogen) atoms. The predicted octanol–water partition coefficient (Wildman–Crippen LogP) is 2.86. The molecule has 1 saturated heterocycles. The summed E-state index contributed by atoms with van der Waals surface area (Å²) >= 11 is 2.23. The van der Waals surface area contributed by atoms with Gasteiger partial charge in [0.15, 0.2) is 6.29 Å². The van der Waals surface area contributed by atoms with Crippen molar-refractivity contribution in [3.63, 3.8) is 0 Å². The second kappa shape index (κ2) is 7.70. The first-order valence-corrected chi connectivity index (χ1v) is 9.96. The average molecular weight is 437 g/mol. The Morgan fingerprint density at radius 2 is 2.05 bits per heavy atom. The predicted molar refractivity (Wildman–Crippen MR) is 98.1 cm³/mol. The normalized spacial score (nSPS) is 29.0. The quantitative estimate of drug-likeness (QED) is 0.550. The lowest BCUT2D eigenvalue weighted by atomic mass is 9.83. The van der Waals surface area contributed by atoms with Crippen molar-refractivity contribution in [2.75, 3.05) is 0 Å². The molecule has 1 fully saturated rings. The number of aliphatic hydroxyl groups excluding tert-OH is 1. The maximum absolute atomic E-state index is 11.8. The smallest absolute Gasteiger partial charge is 0.166 e. The molecule has 6 heteroatoms. The van der Waals surface area contributed by atoms with Gasteiger partial charge in [0.05, 0.1) is 25.8 Å². The largest absolute Gasteiger partial charge is 0.367 e. The van der Waals surface area contributed by atoms with Gasteiger partial charge in [0.2, 0.25) is 0 Å². The zero-order chi connectivity index (χ0) is 16.3. The molecule has 4 nitrogen and oxygen atoms in total. The van der Waals surface area contributed by atoms with Crippen LogP contribution < -0.4 is 5.14 Å². The Morgan fingerprint density at radius 1 is 1.41 bits per heavy atom. The van der Waals surface area contributed by atoms with Gasteiger partial charge in [0, 0.05) is 5.92 Å². The van der Waals surface area contributed by atoms with Crippen LogP contribution in [0.2, 0.25) is 0 Å². The van der Waals surface area contributed by atoms with Gasteiger partial charge in [-0.15, -0.1) is 0 Å². The van der Waals surface area contributed by atoms with Gasteiger partial charge in [-0.25, -0.2) is 4.21 Å². The molecular weight excluding hydrogens is 413 g/mol. The molecule has 124 valence electrons. The SMILES string of the molecule is CC(C)(C[C@H](c1ccccc1)[C@@H]1CCC(I)C(O)O1)S(N)=O. The van der Waals surface area contributed by atoms with Crippen LogP contribution in [0.1, 0.15) is 44.6 Å². The summed E-state index contributed by atoms with van der Waals surface area (Å²) in [5.74, 6) is 0.0715. The number of halogens is 1. The fourth-order valence-corrected chi connectivity index (χ4v) is 3.74. The highest BCUT2D eigenvalue weighted by atomic mass is 127. The summed E-state index contributed by atoms with van der Waals surface area (Å²) < 4.78 is 17.3. The molecular formula is C16H24INO3S. The van der Waals surface area contributed by atoms with E-state index in [-0.39, 0.29) is 15.9 Å². The third kappa shape index (κ3) is 4.50. The van der Waals surface area contributed by atoms with Crippen molar-refractivity contribution >= 4 is 33.6 Å². The van der Waals surface area contributed by atoms with Crippen molar-refractivity contribution in [1.82, 2.24) is 0 Å². The molecule has 0 aromatic heterocycles. The minimum atomic E-state index is -1.41. The standard InChI is InChI=1S/C16H24INO3S/c1-16(2,22(18)20)10-12(11-6-4-3-5-7-11)14-9-8-13(17)15(19)21-14/h3-7,12-15,19H,8-10,18H2,1-2H3/t12-,13?,14+,15?,22?/m1/s1. The number of ether oxygens (including phenoxy) is 1. The third-order valence-corrected chi connectivity index (χ3v) is 6.78. The van der Waals surface area contributed by atoms with Crippen molar-refractivity contribution in [1.29, 1.82) is 0 Å². The van der Waals surface area contributed by atoms with Gasteiger partial charge in [-0.2, -0.15) is 0 Å². The minimum absolute atomic E-state index is 0.0715. The first kappa shape index (κ1) is 18.3. The van der Waals surface area contributed by atoms with Crippen LogP contribution in [0.5, 0.6) is 0 Å². The zero-order valence-corrected chi connectivity index (χ0v) is 15.9. The number of nitrogens with two attached hydrogens (primary N) is 1. The van der Waals surface area contributed by atoms with E-state index in [4.69, 9.17) is 9.88 Å². The van der Waals surface area contributed by atoms with Gasteiger partial charge in [0.25, 0.3) is 0 Å². The van der Waals surface area contributed by atoms with Crippen molar-refractivity contribution in [2.24, 2.45) is 5.14 Å². The topological polar surface area (TPSA) is 72.6 Å². The molecule has 1 aromatic carbocycles. The van der Waals surface area contributed by atoms with Crippen molar-refractivity contribution < 1.29 is 14.1 Å². The van der Waals surface area contributed by atoms with E-state index in [9.17, 15) is 9.32 Å². The molecule has 2 rings (SSSR count). The molecule has 0 spiro atoms.